The van der Waals surface area contributed by atoms with Gasteiger partial charge in [-0.3, -0.25) is 0 Å². The summed E-state index contributed by atoms with van der Waals surface area (Å²) in [7, 11) is 0. The first-order valence-corrected chi connectivity index (χ1v) is 21.3. The summed E-state index contributed by atoms with van der Waals surface area (Å²) in [6, 6.07) is 64.7. The second-order valence-corrected chi connectivity index (χ2v) is 18.9. The van der Waals surface area contributed by atoms with Crippen LogP contribution < -0.4 is 0 Å². The molecule has 59 heavy (non-hydrogen) atoms. The van der Waals surface area contributed by atoms with Gasteiger partial charge in [0.15, 0.2) is 0 Å². The summed E-state index contributed by atoms with van der Waals surface area (Å²) in [6.45, 7) is 14.4. The van der Waals surface area contributed by atoms with Crippen LogP contribution in [0.1, 0.15) is 74.9 Å². The van der Waals surface area contributed by atoms with E-state index in [1.54, 1.807) is 0 Å². The van der Waals surface area contributed by atoms with Gasteiger partial charge >= 0.3 is 0 Å². The summed E-state index contributed by atoms with van der Waals surface area (Å²) >= 11 is 0. The smallest absolute Gasteiger partial charge is 0.0159 e. The van der Waals surface area contributed by atoms with Crippen LogP contribution >= 0.6 is 0 Å². The van der Waals surface area contributed by atoms with Gasteiger partial charge in [0, 0.05) is 16.2 Å². The molecular weight excluding hydrogens is 709 g/mol. The lowest BCUT2D eigenvalue weighted by Crippen LogP contribution is -2.15. The van der Waals surface area contributed by atoms with E-state index < -0.39 is 0 Å². The molecule has 0 saturated heterocycles. The van der Waals surface area contributed by atoms with Crippen molar-refractivity contribution < 1.29 is 0 Å². The van der Waals surface area contributed by atoms with Crippen molar-refractivity contribution in [2.45, 2.75) is 57.8 Å². The molecule has 9 aromatic rings. The maximum atomic E-state index is 2.51. The quantitative estimate of drug-likeness (QED) is 0.168. The minimum absolute atomic E-state index is 0.0205. The third kappa shape index (κ3) is 4.66. The molecule has 0 radical (unpaired) electrons. The van der Waals surface area contributed by atoms with Gasteiger partial charge in [0.05, 0.1) is 0 Å². The third-order valence-electron chi connectivity index (χ3n) is 14.7. The summed E-state index contributed by atoms with van der Waals surface area (Å²) in [5, 5.41) is 5.27. The molecule has 3 aliphatic carbocycles. The monoisotopic (exact) mass is 754 g/mol. The van der Waals surface area contributed by atoms with Gasteiger partial charge in [0.2, 0.25) is 0 Å². The van der Waals surface area contributed by atoms with Crippen LogP contribution in [0.4, 0.5) is 0 Å². The Bertz CT molecular complexity index is 3290. The molecule has 0 aromatic heterocycles. The van der Waals surface area contributed by atoms with E-state index in [0.717, 1.165) is 0 Å². The Kier molecular flexibility index (Phi) is 6.91. The lowest BCUT2D eigenvalue weighted by Gasteiger charge is -2.24. The van der Waals surface area contributed by atoms with E-state index in [0.29, 0.717) is 0 Å². The minimum Gasteiger partial charge on any atom is -0.0619 e. The van der Waals surface area contributed by atoms with E-state index in [9.17, 15) is 0 Å². The predicted octanol–water partition coefficient (Wildman–Crippen LogP) is 15.9. The molecule has 0 atom stereocenters. The van der Waals surface area contributed by atoms with Crippen molar-refractivity contribution in [2.24, 2.45) is 0 Å². The number of hydrogen-bond donors (Lipinski definition) is 0. The maximum absolute atomic E-state index is 2.51. The van der Waals surface area contributed by atoms with Crippen LogP contribution in [0, 0.1) is 0 Å². The SMILES string of the molecule is CC1(C)c2ccccc2-c2ccc(-c3ccc4c(c3)C(C)(C)c3cc(-c5cccc(-c6cc7c(c8ccccc68)-c6c(ccc8ccccc68)C7(C)C)c5)ccc3-4)cc21. The molecule has 0 heterocycles. The van der Waals surface area contributed by atoms with Crippen molar-refractivity contribution in [1.82, 2.24) is 0 Å². The molecule has 0 heteroatoms. The fourth-order valence-corrected chi connectivity index (χ4v) is 11.4. The minimum atomic E-state index is -0.137. The summed E-state index contributed by atoms with van der Waals surface area (Å²) < 4.78 is 0. The third-order valence-corrected chi connectivity index (χ3v) is 14.7. The molecule has 0 N–H and O–H groups in total. The van der Waals surface area contributed by atoms with Crippen molar-refractivity contribution in [3.63, 3.8) is 0 Å². The highest BCUT2D eigenvalue weighted by Gasteiger charge is 2.40. The molecule has 0 amide bonds. The van der Waals surface area contributed by atoms with Gasteiger partial charge < -0.3 is 0 Å². The Morgan fingerprint density at radius 1 is 0.254 bits per heavy atom. The Labute approximate surface area is 347 Å². The average Bonchev–Trinajstić information content (AvgIpc) is 3.75. The van der Waals surface area contributed by atoms with Crippen LogP contribution in [0.3, 0.4) is 0 Å². The Morgan fingerprint density at radius 3 is 1.39 bits per heavy atom. The van der Waals surface area contributed by atoms with E-state index in [2.05, 4.69) is 211 Å². The predicted molar refractivity (Wildman–Crippen MR) is 250 cm³/mol. The summed E-state index contributed by atoms with van der Waals surface area (Å²) in [4.78, 5) is 0. The summed E-state index contributed by atoms with van der Waals surface area (Å²) in [5.74, 6) is 0. The average molecular weight is 755 g/mol. The van der Waals surface area contributed by atoms with Gasteiger partial charge in [-0.15, -0.1) is 0 Å². The molecule has 12 rings (SSSR count). The molecule has 0 nitrogen and oxygen atoms in total. The zero-order valence-corrected chi connectivity index (χ0v) is 34.7. The van der Waals surface area contributed by atoms with Gasteiger partial charge in [0.25, 0.3) is 0 Å². The largest absolute Gasteiger partial charge is 0.0619 e. The van der Waals surface area contributed by atoms with Crippen LogP contribution in [-0.2, 0) is 16.2 Å². The van der Waals surface area contributed by atoms with Crippen molar-refractivity contribution in [3.05, 3.63) is 203 Å². The normalized spacial score (nSPS) is 15.7. The molecule has 0 fully saturated rings. The molecular formula is C59H46. The highest BCUT2D eigenvalue weighted by Crippen LogP contribution is 2.56. The molecule has 0 aliphatic heterocycles. The number of rotatable bonds is 3. The van der Waals surface area contributed by atoms with Crippen LogP contribution in [0.15, 0.2) is 170 Å². The molecule has 0 saturated carbocycles. The van der Waals surface area contributed by atoms with Gasteiger partial charge in [-0.05, 0) is 152 Å². The van der Waals surface area contributed by atoms with Crippen molar-refractivity contribution >= 4 is 21.5 Å². The first-order valence-electron chi connectivity index (χ1n) is 21.3. The molecule has 9 aromatic carbocycles. The molecule has 282 valence electrons. The Balaban J connectivity index is 0.930. The van der Waals surface area contributed by atoms with E-state index in [1.807, 2.05) is 0 Å². The maximum Gasteiger partial charge on any atom is 0.0159 e. The zero-order valence-electron chi connectivity index (χ0n) is 34.7. The number of fused-ring (bicyclic) bond motifs is 13. The summed E-state index contributed by atoms with van der Waals surface area (Å²) in [6.07, 6.45) is 0. The van der Waals surface area contributed by atoms with Gasteiger partial charge in [-0.2, -0.15) is 0 Å². The highest BCUT2D eigenvalue weighted by atomic mass is 14.4. The zero-order chi connectivity index (χ0) is 40.0. The summed E-state index contributed by atoms with van der Waals surface area (Å²) in [5.41, 5.74) is 24.1. The van der Waals surface area contributed by atoms with Crippen LogP contribution in [0.25, 0.3) is 88.3 Å². The van der Waals surface area contributed by atoms with Crippen LogP contribution in [-0.4, -0.2) is 0 Å². The fraction of sp³-hybridized carbons (Fsp3) is 0.153. The highest BCUT2D eigenvalue weighted by molar-refractivity contribution is 6.14. The van der Waals surface area contributed by atoms with Gasteiger partial charge in [-0.25, -0.2) is 0 Å². The molecule has 0 unspecified atom stereocenters. The second kappa shape index (κ2) is 11.8. The Morgan fingerprint density at radius 2 is 0.729 bits per heavy atom. The Hall–Kier alpha value is -6.50. The van der Waals surface area contributed by atoms with Crippen molar-refractivity contribution in [3.8, 4) is 66.8 Å². The lowest BCUT2D eigenvalue weighted by molar-refractivity contribution is 0.659. The molecule has 3 aliphatic rings. The fourth-order valence-electron chi connectivity index (χ4n) is 11.4. The van der Waals surface area contributed by atoms with Crippen LogP contribution in [0.2, 0.25) is 0 Å². The lowest BCUT2D eigenvalue weighted by atomic mass is 9.79. The van der Waals surface area contributed by atoms with E-state index >= 15 is 0 Å². The first kappa shape index (κ1) is 34.5. The van der Waals surface area contributed by atoms with E-state index in [4.69, 9.17) is 0 Å². The van der Waals surface area contributed by atoms with Crippen molar-refractivity contribution in [2.75, 3.05) is 0 Å². The van der Waals surface area contributed by atoms with Crippen LogP contribution in [0.5, 0.6) is 0 Å². The second-order valence-electron chi connectivity index (χ2n) is 18.9. The molecule has 0 spiro atoms. The van der Waals surface area contributed by atoms with Crippen molar-refractivity contribution in [1.29, 1.82) is 0 Å². The number of benzene rings is 9. The molecule has 0 bridgehead atoms. The van der Waals surface area contributed by atoms with Gasteiger partial charge in [0.1, 0.15) is 0 Å². The standard InChI is InChI=1S/C59H46/c1-57(2)49-21-12-11-19-43(49)44-26-23-38(32-51(44)57)39-24-28-46-45-27-22-37(31-52(45)59(5,6)53(46)33-39)36-15-13-16-40(30-36)48-34-54-56(47-20-10-9-18-42(47)48)55-41-17-8-7-14-35(41)25-29-50(55)58(54,3)4/h7-34H,1-6H3. The van der Waals surface area contributed by atoms with E-state index in [1.165, 1.54) is 122 Å². The number of hydrogen-bond acceptors (Lipinski definition) is 0. The van der Waals surface area contributed by atoms with Gasteiger partial charge in [-0.1, -0.05) is 181 Å². The van der Waals surface area contributed by atoms with E-state index in [-0.39, 0.29) is 16.2 Å². The topological polar surface area (TPSA) is 0 Å². The first-order chi connectivity index (χ1) is 28.5.